The van der Waals surface area contributed by atoms with Gasteiger partial charge in [0.1, 0.15) is 0 Å². The Kier molecular flexibility index (Phi) is 4.78. The highest BCUT2D eigenvalue weighted by Crippen LogP contribution is 2.23. The highest BCUT2D eigenvalue weighted by molar-refractivity contribution is 5.96. The van der Waals surface area contributed by atoms with Crippen LogP contribution in [0.15, 0.2) is 42.5 Å². The van der Waals surface area contributed by atoms with Crippen molar-refractivity contribution < 1.29 is 9.90 Å². The summed E-state index contributed by atoms with van der Waals surface area (Å²) < 4.78 is 0. The van der Waals surface area contributed by atoms with Crippen LogP contribution in [-0.4, -0.2) is 11.1 Å². The van der Waals surface area contributed by atoms with Gasteiger partial charge in [-0.2, -0.15) is 0 Å². The molecule has 0 aliphatic carbocycles. The number of nitrogens with two attached hydrogens (primary N) is 1. The van der Waals surface area contributed by atoms with Crippen LogP contribution in [0, 0.1) is 6.92 Å². The van der Waals surface area contributed by atoms with Crippen molar-refractivity contribution in [2.75, 3.05) is 11.1 Å². The zero-order valence-corrected chi connectivity index (χ0v) is 11.2. The predicted molar refractivity (Wildman–Crippen MR) is 79.5 cm³/mol. The number of nitrogens with one attached hydrogen (secondary N) is 1. The molecule has 0 aliphatic rings. The third-order valence-corrected chi connectivity index (χ3v) is 2.60. The Balaban J connectivity index is 0.00000180. The van der Waals surface area contributed by atoms with E-state index in [4.69, 9.17) is 10.8 Å². The summed E-state index contributed by atoms with van der Waals surface area (Å²) in [6, 6.07) is 12.5. The van der Waals surface area contributed by atoms with Gasteiger partial charge in [0, 0.05) is 11.4 Å². The Morgan fingerprint density at radius 2 is 1.79 bits per heavy atom. The van der Waals surface area contributed by atoms with E-state index >= 15 is 0 Å². The van der Waals surface area contributed by atoms with Gasteiger partial charge in [-0.15, -0.1) is 12.4 Å². The van der Waals surface area contributed by atoms with Crippen LogP contribution in [-0.2, 0) is 0 Å². The van der Waals surface area contributed by atoms with Crippen molar-refractivity contribution in [2.24, 2.45) is 0 Å². The highest BCUT2D eigenvalue weighted by atomic mass is 35.5. The summed E-state index contributed by atoms with van der Waals surface area (Å²) in [5.41, 5.74) is 8.70. The van der Waals surface area contributed by atoms with Crippen molar-refractivity contribution in [3.63, 3.8) is 0 Å². The second kappa shape index (κ2) is 6.11. The first-order valence-electron chi connectivity index (χ1n) is 5.53. The van der Waals surface area contributed by atoms with Gasteiger partial charge in [0.15, 0.2) is 0 Å². The summed E-state index contributed by atoms with van der Waals surface area (Å²) in [5.74, 6) is -1.00. The molecule has 2 aromatic rings. The predicted octanol–water partition coefficient (Wildman–Crippen LogP) is 3.44. The fourth-order valence-corrected chi connectivity index (χ4v) is 1.64. The summed E-state index contributed by atoms with van der Waals surface area (Å²) >= 11 is 0. The molecule has 100 valence electrons. The number of benzene rings is 2. The first kappa shape index (κ1) is 14.9. The molecule has 5 heteroatoms. The first-order chi connectivity index (χ1) is 8.56. The molecule has 0 unspecified atom stereocenters. The van der Waals surface area contributed by atoms with Gasteiger partial charge in [0.2, 0.25) is 0 Å². The van der Waals surface area contributed by atoms with Gasteiger partial charge in [0.05, 0.1) is 11.3 Å². The minimum atomic E-state index is -1.00. The molecule has 0 aliphatic heterocycles. The molecule has 4 N–H and O–H groups in total. The number of halogens is 1. The topological polar surface area (TPSA) is 75.3 Å². The zero-order chi connectivity index (χ0) is 13.1. The van der Waals surface area contributed by atoms with Gasteiger partial charge in [-0.25, -0.2) is 4.79 Å². The lowest BCUT2D eigenvalue weighted by Crippen LogP contribution is -2.03. The Hall–Kier alpha value is -2.20. The van der Waals surface area contributed by atoms with Crippen molar-refractivity contribution in [2.45, 2.75) is 6.92 Å². The molecule has 0 spiro atoms. The van der Waals surface area contributed by atoms with Crippen molar-refractivity contribution in [3.8, 4) is 0 Å². The van der Waals surface area contributed by atoms with E-state index in [1.165, 1.54) is 6.07 Å². The van der Waals surface area contributed by atoms with E-state index in [1.54, 1.807) is 12.1 Å². The zero-order valence-electron chi connectivity index (χ0n) is 10.4. The standard InChI is InChI=1S/C14H14N2O2.ClH/c1-9-2-5-11(6-3-9)16-13-7-4-10(15)8-12(13)14(17)18;/h2-8,16H,15H2,1H3,(H,17,18);1H. The number of hydrogen-bond acceptors (Lipinski definition) is 3. The Morgan fingerprint density at radius 1 is 1.16 bits per heavy atom. The van der Waals surface area contributed by atoms with E-state index < -0.39 is 5.97 Å². The maximum absolute atomic E-state index is 11.1. The van der Waals surface area contributed by atoms with Crippen molar-refractivity contribution in [1.29, 1.82) is 0 Å². The van der Waals surface area contributed by atoms with Crippen LogP contribution in [0.1, 0.15) is 15.9 Å². The van der Waals surface area contributed by atoms with Gasteiger partial charge in [-0.3, -0.25) is 0 Å². The molecular weight excluding hydrogens is 264 g/mol. The Bertz CT molecular complexity index is 582. The van der Waals surface area contributed by atoms with Gasteiger partial charge in [-0.05, 0) is 37.3 Å². The second-order valence-electron chi connectivity index (χ2n) is 4.10. The first-order valence-corrected chi connectivity index (χ1v) is 5.53. The van der Waals surface area contributed by atoms with E-state index in [1.807, 2.05) is 31.2 Å². The number of nitrogen functional groups attached to an aromatic ring is 1. The summed E-state index contributed by atoms with van der Waals surface area (Å²) in [6.45, 7) is 2.00. The summed E-state index contributed by atoms with van der Waals surface area (Å²) in [7, 11) is 0. The van der Waals surface area contributed by atoms with Gasteiger partial charge in [0.25, 0.3) is 0 Å². The molecule has 0 aromatic heterocycles. The van der Waals surface area contributed by atoms with E-state index in [0.717, 1.165) is 11.3 Å². The molecule has 0 heterocycles. The molecule has 2 rings (SSSR count). The van der Waals surface area contributed by atoms with E-state index in [-0.39, 0.29) is 18.0 Å². The average Bonchev–Trinajstić information content (AvgIpc) is 2.34. The summed E-state index contributed by atoms with van der Waals surface area (Å²) in [4.78, 5) is 11.1. The van der Waals surface area contributed by atoms with Crippen LogP contribution >= 0.6 is 12.4 Å². The van der Waals surface area contributed by atoms with Gasteiger partial charge in [-0.1, -0.05) is 17.7 Å². The number of carbonyl (C=O) groups is 1. The van der Waals surface area contributed by atoms with Crippen LogP contribution in [0.25, 0.3) is 0 Å². The molecule has 2 aromatic carbocycles. The lowest BCUT2D eigenvalue weighted by molar-refractivity contribution is 0.0698. The molecule has 0 fully saturated rings. The molecule has 0 amide bonds. The van der Waals surface area contributed by atoms with Crippen molar-refractivity contribution in [3.05, 3.63) is 53.6 Å². The Labute approximate surface area is 117 Å². The summed E-state index contributed by atoms with van der Waals surface area (Å²) in [5, 5.41) is 12.2. The van der Waals surface area contributed by atoms with Gasteiger partial charge < -0.3 is 16.2 Å². The Morgan fingerprint density at radius 3 is 2.37 bits per heavy atom. The molecule has 0 saturated heterocycles. The van der Waals surface area contributed by atoms with Crippen LogP contribution in [0.2, 0.25) is 0 Å². The molecule has 0 atom stereocenters. The second-order valence-corrected chi connectivity index (χ2v) is 4.10. The van der Waals surface area contributed by atoms with Crippen LogP contribution in [0.3, 0.4) is 0 Å². The van der Waals surface area contributed by atoms with Crippen molar-refractivity contribution in [1.82, 2.24) is 0 Å². The highest BCUT2D eigenvalue weighted by Gasteiger charge is 2.10. The normalized spacial score (nSPS) is 9.53. The number of carboxylic acid groups (broad SMARTS) is 1. The fraction of sp³-hybridized carbons (Fsp3) is 0.0714. The maximum atomic E-state index is 11.1. The van der Waals surface area contributed by atoms with Crippen LogP contribution < -0.4 is 11.1 Å². The minimum Gasteiger partial charge on any atom is -0.478 e. The quantitative estimate of drug-likeness (QED) is 0.752. The number of anilines is 3. The number of hydrogen-bond donors (Lipinski definition) is 3. The van der Waals surface area contributed by atoms with E-state index in [0.29, 0.717) is 11.4 Å². The van der Waals surface area contributed by atoms with Crippen molar-refractivity contribution >= 4 is 35.4 Å². The fourth-order valence-electron chi connectivity index (χ4n) is 1.64. The molecule has 0 bridgehead atoms. The summed E-state index contributed by atoms with van der Waals surface area (Å²) in [6.07, 6.45) is 0. The number of rotatable bonds is 3. The smallest absolute Gasteiger partial charge is 0.337 e. The molecule has 0 radical (unpaired) electrons. The van der Waals surface area contributed by atoms with Crippen LogP contribution in [0.5, 0.6) is 0 Å². The lowest BCUT2D eigenvalue weighted by atomic mass is 10.1. The molecule has 19 heavy (non-hydrogen) atoms. The maximum Gasteiger partial charge on any atom is 0.337 e. The third-order valence-electron chi connectivity index (χ3n) is 2.60. The third kappa shape index (κ3) is 3.63. The molecule has 0 saturated carbocycles. The number of carboxylic acids is 1. The van der Waals surface area contributed by atoms with Crippen LogP contribution in [0.4, 0.5) is 17.1 Å². The average molecular weight is 279 g/mol. The monoisotopic (exact) mass is 278 g/mol. The lowest BCUT2D eigenvalue weighted by Gasteiger charge is -2.10. The number of aromatic carboxylic acids is 1. The van der Waals surface area contributed by atoms with E-state index in [2.05, 4.69) is 5.32 Å². The largest absolute Gasteiger partial charge is 0.478 e. The number of aryl methyl sites for hydroxylation is 1. The van der Waals surface area contributed by atoms with E-state index in [9.17, 15) is 4.79 Å². The molecular formula is C14H15ClN2O2. The minimum absolute atomic E-state index is 0. The van der Waals surface area contributed by atoms with Gasteiger partial charge >= 0.3 is 5.97 Å². The molecule has 4 nitrogen and oxygen atoms in total. The SMILES string of the molecule is Cc1ccc(Nc2ccc(N)cc2C(=O)O)cc1.Cl.